The van der Waals surface area contributed by atoms with Crippen LogP contribution in [0.1, 0.15) is 81.3 Å². The molecule has 13 aromatic carbocycles. The molecule has 82 heavy (non-hydrogen) atoms. The van der Waals surface area contributed by atoms with Crippen molar-refractivity contribution < 1.29 is 4.74 Å². The molecule has 0 heterocycles. The van der Waals surface area contributed by atoms with E-state index in [0.717, 1.165) is 12.2 Å². The lowest BCUT2D eigenvalue weighted by Gasteiger charge is -2.27. The molecule has 392 valence electrons. The maximum Gasteiger partial charge on any atom is 0.118 e. The van der Waals surface area contributed by atoms with E-state index >= 15 is 0 Å². The predicted molar refractivity (Wildman–Crippen MR) is 348 cm³/mol. The minimum atomic E-state index is -0.218. The topological polar surface area (TPSA) is 9.23 Å². The van der Waals surface area contributed by atoms with Gasteiger partial charge in [-0.3, -0.25) is 0 Å². The van der Waals surface area contributed by atoms with Gasteiger partial charge >= 0.3 is 0 Å². The smallest absolute Gasteiger partial charge is 0.118 e. The molecular formula is C81H62O. The molecule has 3 aliphatic rings. The fourth-order valence-electron chi connectivity index (χ4n) is 15.5. The van der Waals surface area contributed by atoms with Crippen LogP contribution >= 0.6 is 0 Å². The molecule has 0 fully saturated rings. The van der Waals surface area contributed by atoms with Crippen LogP contribution in [0.25, 0.3) is 132 Å². The first-order valence-electron chi connectivity index (χ1n) is 29.3. The van der Waals surface area contributed by atoms with Gasteiger partial charge in [0.05, 0.1) is 7.11 Å². The number of methoxy groups -OCH3 is 1. The third-order valence-corrected chi connectivity index (χ3v) is 19.9. The summed E-state index contributed by atoms with van der Waals surface area (Å²) in [4.78, 5) is 0. The molecule has 0 N–H and O–H groups in total. The Morgan fingerprint density at radius 1 is 0.268 bits per heavy atom. The fraction of sp³-hybridized carbons (Fsp3) is 0.136. The van der Waals surface area contributed by atoms with Crippen LogP contribution in [0.15, 0.2) is 237 Å². The first-order chi connectivity index (χ1) is 40.0. The van der Waals surface area contributed by atoms with Gasteiger partial charge in [-0.05, 0) is 214 Å². The van der Waals surface area contributed by atoms with Gasteiger partial charge in [-0.2, -0.15) is 0 Å². The quantitative estimate of drug-likeness (QED) is 0.145. The van der Waals surface area contributed by atoms with Crippen LogP contribution in [-0.2, 0) is 16.2 Å². The van der Waals surface area contributed by atoms with Crippen LogP contribution in [0.2, 0.25) is 0 Å². The summed E-state index contributed by atoms with van der Waals surface area (Å²) in [6.45, 7) is 14.5. The van der Waals surface area contributed by atoms with Crippen LogP contribution in [0.4, 0.5) is 0 Å². The Kier molecular flexibility index (Phi) is 10.4. The molecule has 3 aliphatic carbocycles. The molecule has 0 aromatic heterocycles. The van der Waals surface area contributed by atoms with E-state index in [-0.39, 0.29) is 16.2 Å². The van der Waals surface area contributed by atoms with Crippen molar-refractivity contribution in [2.24, 2.45) is 0 Å². The molecule has 0 amide bonds. The van der Waals surface area contributed by atoms with Crippen molar-refractivity contribution in [1.29, 1.82) is 0 Å². The highest BCUT2D eigenvalue weighted by Gasteiger charge is 2.41. The molecule has 1 heteroatoms. The highest BCUT2D eigenvalue weighted by molar-refractivity contribution is 6.23. The van der Waals surface area contributed by atoms with Crippen molar-refractivity contribution in [2.75, 3.05) is 7.11 Å². The second-order valence-electron chi connectivity index (χ2n) is 24.7. The standard InChI is InChI=1S/C81H62O/c1-8-81(6)73-44-50(49-31-38-57-58-41-34-52(46-72(58)80(4,5)70(57)43-49)76-63-22-11-9-20-61(63)75(62-21-10-12-23-64(62)76)48-29-36-54(82-7)37-30-48)32-39-59(73)60-42-35-53(47-74(60)81)78-67-26-15-13-24-65(67)77(66-25-14-16-27-68(66)78)51-33-40-56-55-19-17-18-28-69(55)79(2,3)71(56)45-51/h9-47H,8H2,1-7H3. The molecule has 0 radical (unpaired) electrons. The number of hydrogen-bond acceptors (Lipinski definition) is 1. The molecule has 1 atom stereocenters. The molecule has 1 nitrogen and oxygen atoms in total. The third-order valence-electron chi connectivity index (χ3n) is 19.9. The summed E-state index contributed by atoms with van der Waals surface area (Å²) in [5.41, 5.74) is 28.6. The van der Waals surface area contributed by atoms with E-state index < -0.39 is 0 Å². The van der Waals surface area contributed by atoms with Gasteiger partial charge in [0.1, 0.15) is 5.75 Å². The Morgan fingerprint density at radius 3 is 0.915 bits per heavy atom. The zero-order chi connectivity index (χ0) is 55.4. The number of rotatable bonds is 7. The van der Waals surface area contributed by atoms with Crippen molar-refractivity contribution in [3.63, 3.8) is 0 Å². The van der Waals surface area contributed by atoms with Gasteiger partial charge in [-0.15, -0.1) is 0 Å². The number of hydrogen-bond donors (Lipinski definition) is 0. The second kappa shape index (κ2) is 17.6. The summed E-state index contributed by atoms with van der Waals surface area (Å²) in [5, 5.41) is 10.2. The van der Waals surface area contributed by atoms with E-state index in [2.05, 4.69) is 278 Å². The molecule has 0 saturated carbocycles. The third kappa shape index (κ3) is 6.74. The predicted octanol–water partition coefficient (Wildman–Crippen LogP) is 22.0. The maximum atomic E-state index is 5.56. The van der Waals surface area contributed by atoms with Gasteiger partial charge in [0, 0.05) is 16.2 Å². The highest BCUT2D eigenvalue weighted by atomic mass is 16.5. The van der Waals surface area contributed by atoms with E-state index in [0.29, 0.717) is 0 Å². The zero-order valence-electron chi connectivity index (χ0n) is 47.6. The average Bonchev–Trinajstić information content (AvgIpc) is 2.39. The van der Waals surface area contributed by atoms with E-state index in [1.54, 1.807) is 7.11 Å². The fourth-order valence-corrected chi connectivity index (χ4v) is 15.5. The molecule has 0 spiro atoms. The summed E-state index contributed by atoms with van der Waals surface area (Å²) < 4.78 is 5.56. The SMILES string of the molecule is CCC1(C)c2cc(-c3ccc4c(c3)C(C)(C)c3cc(-c5c6ccccc6c(-c6ccc(OC)cc6)c6ccccc56)ccc3-4)ccc2-c2ccc(-c3c4ccccc4c(-c4ccc5c(c4)C(C)(C)c4ccccc4-5)c4ccccc34)cc21. The molecular weight excluding hydrogens is 989 g/mol. The Labute approximate surface area is 481 Å². The first-order valence-corrected chi connectivity index (χ1v) is 29.3. The van der Waals surface area contributed by atoms with Gasteiger partial charge < -0.3 is 4.74 Å². The van der Waals surface area contributed by atoms with E-state index in [1.807, 2.05) is 0 Å². The second-order valence-corrected chi connectivity index (χ2v) is 24.7. The van der Waals surface area contributed by atoms with Crippen LogP contribution in [0.5, 0.6) is 5.75 Å². The molecule has 1 unspecified atom stereocenters. The molecule has 16 rings (SSSR count). The van der Waals surface area contributed by atoms with Gasteiger partial charge in [0.25, 0.3) is 0 Å². The largest absolute Gasteiger partial charge is 0.497 e. The summed E-state index contributed by atoms with van der Waals surface area (Å²) in [6, 6.07) is 90.0. The monoisotopic (exact) mass is 1050 g/mol. The first kappa shape index (κ1) is 48.6. The summed E-state index contributed by atoms with van der Waals surface area (Å²) in [6.07, 6.45) is 0.989. The lowest BCUT2D eigenvalue weighted by Crippen LogP contribution is -2.19. The van der Waals surface area contributed by atoms with Crippen LogP contribution in [0, 0.1) is 0 Å². The van der Waals surface area contributed by atoms with E-state index in [9.17, 15) is 0 Å². The number of benzene rings is 13. The zero-order valence-corrected chi connectivity index (χ0v) is 47.6. The van der Waals surface area contributed by atoms with Gasteiger partial charge in [0.2, 0.25) is 0 Å². The van der Waals surface area contributed by atoms with Crippen molar-refractivity contribution in [2.45, 2.75) is 64.2 Å². The Balaban J connectivity index is 0.763. The number of ether oxygens (including phenoxy) is 1. The molecule has 0 saturated heterocycles. The average molecular weight is 1050 g/mol. The molecule has 0 aliphatic heterocycles. The maximum absolute atomic E-state index is 5.56. The summed E-state index contributed by atoms with van der Waals surface area (Å²) >= 11 is 0. The highest BCUT2D eigenvalue weighted by Crippen LogP contribution is 2.57. The van der Waals surface area contributed by atoms with E-state index in [1.165, 1.54) is 165 Å². The molecule has 0 bridgehead atoms. The van der Waals surface area contributed by atoms with Crippen LogP contribution in [-0.4, -0.2) is 7.11 Å². The Morgan fingerprint density at radius 2 is 0.537 bits per heavy atom. The van der Waals surface area contributed by atoms with Crippen molar-refractivity contribution in [3.05, 3.63) is 270 Å². The minimum Gasteiger partial charge on any atom is -0.497 e. The van der Waals surface area contributed by atoms with Crippen molar-refractivity contribution >= 4 is 43.1 Å². The normalized spacial score (nSPS) is 15.8. The summed E-state index contributed by atoms with van der Waals surface area (Å²) in [5.74, 6) is 0.860. The van der Waals surface area contributed by atoms with Crippen molar-refractivity contribution in [3.8, 4) is 94.8 Å². The van der Waals surface area contributed by atoms with Crippen molar-refractivity contribution in [1.82, 2.24) is 0 Å². The van der Waals surface area contributed by atoms with Gasteiger partial charge in [-0.25, -0.2) is 0 Å². The lowest BCUT2D eigenvalue weighted by molar-refractivity contribution is 0.415. The van der Waals surface area contributed by atoms with Gasteiger partial charge in [-0.1, -0.05) is 236 Å². The van der Waals surface area contributed by atoms with Gasteiger partial charge in [0.15, 0.2) is 0 Å². The number of fused-ring (bicyclic) bond motifs is 13. The molecule has 13 aromatic rings. The van der Waals surface area contributed by atoms with Crippen LogP contribution < -0.4 is 4.74 Å². The Bertz CT molecular complexity index is 4780. The summed E-state index contributed by atoms with van der Waals surface area (Å²) in [7, 11) is 1.73. The Hall–Kier alpha value is -9.30. The van der Waals surface area contributed by atoms with E-state index in [4.69, 9.17) is 4.74 Å². The van der Waals surface area contributed by atoms with Crippen LogP contribution in [0.3, 0.4) is 0 Å². The lowest BCUT2D eigenvalue weighted by atomic mass is 9.76. The minimum absolute atomic E-state index is 0.0829.